The Hall–Kier alpha value is -5.00. The van der Waals surface area contributed by atoms with Crippen molar-refractivity contribution in [3.8, 4) is 11.3 Å². The Balaban J connectivity index is 0.00000357. The number of anilines is 2. The zero-order valence-corrected chi connectivity index (χ0v) is 26.7. The summed E-state index contributed by atoms with van der Waals surface area (Å²) < 4.78 is 0. The number of nitrogens with zero attached hydrogens (tertiary/aromatic N) is 5. The lowest BCUT2D eigenvalue weighted by Gasteiger charge is -2.21. The van der Waals surface area contributed by atoms with Gasteiger partial charge in [-0.15, -0.1) is 28.3 Å². The van der Waals surface area contributed by atoms with Gasteiger partial charge in [-0.05, 0) is 55.3 Å². The molecule has 2 amide bonds. The third kappa shape index (κ3) is 5.34. The van der Waals surface area contributed by atoms with Gasteiger partial charge in [0.1, 0.15) is 0 Å². The summed E-state index contributed by atoms with van der Waals surface area (Å²) in [7, 11) is 0. The van der Waals surface area contributed by atoms with Gasteiger partial charge in [-0.2, -0.15) is 5.10 Å². The quantitative estimate of drug-likeness (QED) is 0.102. The fourth-order valence-electron chi connectivity index (χ4n) is 5.73. The molecule has 1 atom stereocenters. The number of benzene rings is 4. The van der Waals surface area contributed by atoms with Crippen LogP contribution in [0.1, 0.15) is 55.4 Å². The standard InChI is InChI=1S/C34H25N5O4S.BrH/c1-20-13-14-21(2)28(15-20)29-18-31(23-8-6-10-25(17-23)39(42)43)38(36-29)34-35-30(19-44-34)22-7-5-9-24(16-22)37-32(40)26-11-3-4-12-27(26)33(37)41;/h3-17,19,31H,18H2,1-2H3;1H. The van der Waals surface area contributed by atoms with Crippen LogP contribution in [0.5, 0.6) is 0 Å². The van der Waals surface area contributed by atoms with E-state index in [2.05, 4.69) is 18.2 Å². The molecule has 0 saturated heterocycles. The number of aryl methyl sites for hydroxylation is 2. The summed E-state index contributed by atoms with van der Waals surface area (Å²) in [5, 5.41) is 21.0. The topological polar surface area (TPSA) is 109 Å². The number of nitro groups is 1. The molecule has 2 aliphatic rings. The van der Waals surface area contributed by atoms with E-state index in [1.165, 1.54) is 22.3 Å². The Labute approximate surface area is 273 Å². The number of thiazole rings is 1. The second kappa shape index (κ2) is 11.8. The number of amides is 2. The maximum atomic E-state index is 13.1. The van der Waals surface area contributed by atoms with Gasteiger partial charge in [0, 0.05) is 35.1 Å². The van der Waals surface area contributed by atoms with Gasteiger partial charge in [0.15, 0.2) is 0 Å². The maximum Gasteiger partial charge on any atom is 0.269 e. The van der Waals surface area contributed by atoms with Crippen LogP contribution < -0.4 is 9.91 Å². The molecule has 0 fully saturated rings. The minimum Gasteiger partial charge on any atom is -0.268 e. The number of fused-ring (bicyclic) bond motifs is 1. The second-order valence-corrected chi connectivity index (χ2v) is 11.7. The van der Waals surface area contributed by atoms with Gasteiger partial charge in [0.05, 0.1) is 39.2 Å². The number of hydrazone groups is 1. The van der Waals surface area contributed by atoms with Gasteiger partial charge < -0.3 is 0 Å². The molecule has 0 bridgehead atoms. The van der Waals surface area contributed by atoms with E-state index in [0.717, 1.165) is 33.5 Å². The van der Waals surface area contributed by atoms with Crippen molar-refractivity contribution < 1.29 is 14.5 Å². The minimum absolute atomic E-state index is 0. The molecule has 9 nitrogen and oxygen atoms in total. The van der Waals surface area contributed by atoms with Crippen LogP contribution >= 0.6 is 28.3 Å². The summed E-state index contributed by atoms with van der Waals surface area (Å²) in [5.74, 6) is -0.709. The van der Waals surface area contributed by atoms with Crippen molar-refractivity contribution in [2.75, 3.05) is 9.91 Å². The molecule has 3 heterocycles. The molecule has 7 rings (SSSR count). The first-order valence-corrected chi connectivity index (χ1v) is 14.9. The van der Waals surface area contributed by atoms with Crippen molar-refractivity contribution in [3.05, 3.63) is 140 Å². The average molecular weight is 681 g/mol. The van der Waals surface area contributed by atoms with E-state index < -0.39 is 4.92 Å². The van der Waals surface area contributed by atoms with Crippen LogP contribution in [0.3, 0.4) is 0 Å². The van der Waals surface area contributed by atoms with Gasteiger partial charge in [-0.3, -0.25) is 19.7 Å². The third-order valence-electron chi connectivity index (χ3n) is 7.96. The predicted molar refractivity (Wildman–Crippen MR) is 181 cm³/mol. The number of non-ortho nitro benzene ring substituents is 1. The van der Waals surface area contributed by atoms with Crippen LogP contribution in [-0.4, -0.2) is 27.4 Å². The van der Waals surface area contributed by atoms with Crippen molar-refractivity contribution in [3.63, 3.8) is 0 Å². The van der Waals surface area contributed by atoms with Crippen molar-refractivity contribution in [1.82, 2.24) is 4.98 Å². The summed E-state index contributed by atoms with van der Waals surface area (Å²) >= 11 is 1.41. The average Bonchev–Trinajstić information content (AvgIpc) is 3.76. The first kappa shape index (κ1) is 30.0. The number of halogens is 1. The molecule has 4 aromatic carbocycles. The fraction of sp³-hybridized carbons (Fsp3) is 0.118. The molecule has 2 aliphatic heterocycles. The summed E-state index contributed by atoms with van der Waals surface area (Å²) in [6.07, 6.45) is 0.551. The number of aromatic nitrogens is 1. The van der Waals surface area contributed by atoms with Gasteiger partial charge >= 0.3 is 0 Å². The molecular formula is C34H26BrN5O4S. The lowest BCUT2D eigenvalue weighted by molar-refractivity contribution is -0.384. The van der Waals surface area contributed by atoms with Crippen LogP contribution in [0.2, 0.25) is 0 Å². The minimum atomic E-state index is -0.391. The van der Waals surface area contributed by atoms with E-state index in [1.54, 1.807) is 54.6 Å². The summed E-state index contributed by atoms with van der Waals surface area (Å²) in [4.78, 5) is 43.5. The number of nitro benzene ring substituents is 1. The zero-order chi connectivity index (χ0) is 30.5. The molecule has 0 spiro atoms. The number of rotatable bonds is 6. The molecule has 45 heavy (non-hydrogen) atoms. The predicted octanol–water partition coefficient (Wildman–Crippen LogP) is 8.07. The first-order valence-electron chi connectivity index (χ1n) is 14.0. The zero-order valence-electron chi connectivity index (χ0n) is 24.2. The highest BCUT2D eigenvalue weighted by molar-refractivity contribution is 8.93. The number of carbonyl (C=O) groups excluding carboxylic acids is 2. The summed E-state index contributed by atoms with van der Waals surface area (Å²) in [5.41, 5.74) is 7.57. The van der Waals surface area contributed by atoms with Gasteiger partial charge in [-0.1, -0.05) is 54.1 Å². The lowest BCUT2D eigenvalue weighted by atomic mass is 9.95. The number of hydrogen-bond donors (Lipinski definition) is 0. The third-order valence-corrected chi connectivity index (χ3v) is 8.79. The number of hydrogen-bond acceptors (Lipinski definition) is 8. The molecule has 5 aromatic rings. The maximum absolute atomic E-state index is 13.1. The highest BCUT2D eigenvalue weighted by atomic mass is 79.9. The first-order chi connectivity index (χ1) is 21.3. The van der Waals surface area contributed by atoms with E-state index in [0.29, 0.717) is 34.1 Å². The molecular weight excluding hydrogens is 654 g/mol. The van der Waals surface area contributed by atoms with Crippen molar-refractivity contribution >= 4 is 62.4 Å². The molecule has 0 N–H and O–H groups in total. The van der Waals surface area contributed by atoms with Gasteiger partial charge in [-0.25, -0.2) is 14.9 Å². The monoisotopic (exact) mass is 679 g/mol. The van der Waals surface area contributed by atoms with Gasteiger partial charge in [0.2, 0.25) is 5.13 Å². The Morgan fingerprint density at radius 3 is 2.33 bits per heavy atom. The second-order valence-electron chi connectivity index (χ2n) is 10.8. The van der Waals surface area contributed by atoms with Crippen molar-refractivity contribution in [1.29, 1.82) is 0 Å². The van der Waals surface area contributed by atoms with Crippen LogP contribution in [0.15, 0.2) is 101 Å². The molecule has 11 heteroatoms. The molecule has 0 saturated carbocycles. The van der Waals surface area contributed by atoms with E-state index in [9.17, 15) is 19.7 Å². The largest absolute Gasteiger partial charge is 0.269 e. The molecule has 224 valence electrons. The highest BCUT2D eigenvalue weighted by Crippen LogP contribution is 2.41. The van der Waals surface area contributed by atoms with Crippen LogP contribution in [0.4, 0.5) is 16.5 Å². The van der Waals surface area contributed by atoms with Gasteiger partial charge in [0.25, 0.3) is 17.5 Å². The Morgan fingerprint density at radius 2 is 1.60 bits per heavy atom. The highest BCUT2D eigenvalue weighted by Gasteiger charge is 2.37. The smallest absolute Gasteiger partial charge is 0.268 e. The Bertz CT molecular complexity index is 2010. The fourth-order valence-corrected chi connectivity index (χ4v) is 6.56. The molecule has 1 aromatic heterocycles. The summed E-state index contributed by atoms with van der Waals surface area (Å²) in [6.45, 7) is 4.09. The van der Waals surface area contributed by atoms with Crippen molar-refractivity contribution in [2.24, 2.45) is 5.10 Å². The SMILES string of the molecule is Br.Cc1ccc(C)c(C2=NN(c3nc(-c4cccc(N5C(=O)c6ccccc6C5=O)c4)cs3)C(c3cccc([N+](=O)[O-])c3)C2)c1. The molecule has 0 radical (unpaired) electrons. The Morgan fingerprint density at radius 1 is 0.867 bits per heavy atom. The molecule has 0 aliphatic carbocycles. The van der Waals surface area contributed by atoms with E-state index in [-0.39, 0.29) is 40.5 Å². The number of carbonyl (C=O) groups is 2. The Kier molecular flexibility index (Phi) is 7.90. The van der Waals surface area contributed by atoms with Crippen LogP contribution in [0, 0.1) is 24.0 Å². The van der Waals surface area contributed by atoms with E-state index in [4.69, 9.17) is 10.1 Å². The normalized spacial score (nSPS) is 15.6. The van der Waals surface area contributed by atoms with Crippen LogP contribution in [-0.2, 0) is 0 Å². The lowest BCUT2D eigenvalue weighted by Crippen LogP contribution is -2.29. The van der Waals surface area contributed by atoms with Crippen molar-refractivity contribution in [2.45, 2.75) is 26.3 Å². The van der Waals surface area contributed by atoms with E-state index in [1.807, 2.05) is 36.4 Å². The summed E-state index contributed by atoms with van der Waals surface area (Å²) in [6, 6.07) is 26.6. The molecule has 1 unspecified atom stereocenters. The van der Waals surface area contributed by atoms with E-state index >= 15 is 0 Å². The van der Waals surface area contributed by atoms with Crippen LogP contribution in [0.25, 0.3) is 11.3 Å². The number of imide groups is 1.